The van der Waals surface area contributed by atoms with Gasteiger partial charge in [-0.05, 0) is 24.3 Å². The summed E-state index contributed by atoms with van der Waals surface area (Å²) < 4.78 is 11.2. The first-order chi connectivity index (χ1) is 9.75. The van der Waals surface area contributed by atoms with E-state index in [0.717, 1.165) is 17.3 Å². The van der Waals surface area contributed by atoms with Crippen LogP contribution in [0.3, 0.4) is 0 Å². The molecule has 0 saturated heterocycles. The molecule has 3 rings (SSSR count). The zero-order chi connectivity index (χ0) is 13.9. The summed E-state index contributed by atoms with van der Waals surface area (Å²) in [5.74, 6) is 2.16. The highest BCUT2D eigenvalue weighted by atomic mass is 16.5. The Balaban J connectivity index is 1.68. The van der Waals surface area contributed by atoms with Crippen molar-refractivity contribution in [2.45, 2.75) is 0 Å². The smallest absolute Gasteiger partial charge is 0.199 e. The molecule has 2 aromatic rings. The van der Waals surface area contributed by atoms with E-state index in [1.54, 1.807) is 18.2 Å². The Bertz CT molecular complexity index is 652. The van der Waals surface area contributed by atoms with Crippen LogP contribution >= 0.6 is 0 Å². The van der Waals surface area contributed by atoms with Crippen molar-refractivity contribution in [2.75, 3.05) is 18.6 Å². The maximum atomic E-state index is 9.61. The lowest BCUT2D eigenvalue weighted by atomic mass is 10.3. The Morgan fingerprint density at radius 3 is 2.70 bits per heavy atom. The lowest BCUT2D eigenvalue weighted by Gasteiger charge is -2.11. The zero-order valence-corrected chi connectivity index (χ0v) is 11.1. The van der Waals surface area contributed by atoms with Crippen LogP contribution in [0.25, 0.3) is 0 Å². The summed E-state index contributed by atoms with van der Waals surface area (Å²) in [4.78, 5) is 1.96. The lowest BCUT2D eigenvalue weighted by Crippen LogP contribution is -2.14. The minimum atomic E-state index is 0.134. The molecule has 0 spiro atoms. The average molecular weight is 269 g/mol. The number of hydrogen-bond donors (Lipinski definition) is 1. The second-order valence-electron chi connectivity index (χ2n) is 4.45. The van der Waals surface area contributed by atoms with Gasteiger partial charge in [0, 0.05) is 13.1 Å². The van der Waals surface area contributed by atoms with Crippen molar-refractivity contribution in [3.05, 3.63) is 60.5 Å². The molecule has 0 radical (unpaired) electrons. The van der Waals surface area contributed by atoms with Crippen LogP contribution in [-0.2, 0) is 0 Å². The number of nitrogens with zero attached hydrogens (tertiary/aromatic N) is 1. The summed E-state index contributed by atoms with van der Waals surface area (Å²) >= 11 is 0. The Hall–Kier alpha value is -2.62. The molecule has 1 aliphatic heterocycles. The molecule has 2 aromatic carbocycles. The number of rotatable bonds is 3. The molecule has 0 amide bonds. The first-order valence-corrected chi connectivity index (χ1v) is 6.37. The van der Waals surface area contributed by atoms with Crippen molar-refractivity contribution in [1.82, 2.24) is 0 Å². The molecular formula is C16H15NO3. The third-order valence-corrected chi connectivity index (χ3v) is 3.13. The van der Waals surface area contributed by atoms with Gasteiger partial charge in [-0.25, -0.2) is 0 Å². The van der Waals surface area contributed by atoms with Gasteiger partial charge in [0.05, 0.1) is 5.69 Å². The van der Waals surface area contributed by atoms with Crippen molar-refractivity contribution in [1.29, 1.82) is 0 Å². The van der Waals surface area contributed by atoms with Crippen LogP contribution in [0.4, 0.5) is 5.69 Å². The average Bonchev–Trinajstić information content (AvgIpc) is 2.78. The van der Waals surface area contributed by atoms with Gasteiger partial charge in [-0.15, -0.1) is 0 Å². The Morgan fingerprint density at radius 2 is 1.90 bits per heavy atom. The van der Waals surface area contributed by atoms with Gasteiger partial charge >= 0.3 is 0 Å². The van der Waals surface area contributed by atoms with E-state index in [1.165, 1.54) is 0 Å². The number of phenolic OH excluding ortho intramolecular Hbond substituents is 1. The Labute approximate surface area is 117 Å². The third kappa shape index (κ3) is 2.28. The monoisotopic (exact) mass is 269 g/mol. The van der Waals surface area contributed by atoms with E-state index in [9.17, 15) is 5.11 Å². The summed E-state index contributed by atoms with van der Waals surface area (Å²) in [7, 11) is 1.94. The van der Waals surface area contributed by atoms with Gasteiger partial charge in [0.1, 0.15) is 6.61 Å². The number of anilines is 1. The fraction of sp³-hybridized carbons (Fsp3) is 0.125. The molecule has 1 aliphatic rings. The number of fused-ring (bicyclic) bond motifs is 1. The van der Waals surface area contributed by atoms with E-state index >= 15 is 0 Å². The molecule has 102 valence electrons. The second kappa shape index (κ2) is 5.17. The van der Waals surface area contributed by atoms with Crippen LogP contribution in [0.2, 0.25) is 0 Å². The highest BCUT2D eigenvalue weighted by molar-refractivity contribution is 5.65. The van der Waals surface area contributed by atoms with Gasteiger partial charge in [-0.2, -0.15) is 0 Å². The summed E-state index contributed by atoms with van der Waals surface area (Å²) in [6, 6.07) is 14.7. The van der Waals surface area contributed by atoms with Crippen molar-refractivity contribution < 1.29 is 14.6 Å². The van der Waals surface area contributed by atoms with Gasteiger partial charge in [0.15, 0.2) is 23.1 Å². The van der Waals surface area contributed by atoms with Crippen LogP contribution in [0.5, 0.6) is 17.2 Å². The number of hydrogen-bond acceptors (Lipinski definition) is 4. The van der Waals surface area contributed by atoms with Crippen molar-refractivity contribution in [3.8, 4) is 17.2 Å². The first-order valence-electron chi connectivity index (χ1n) is 6.37. The topological polar surface area (TPSA) is 41.9 Å². The van der Waals surface area contributed by atoms with Crippen LogP contribution in [0.1, 0.15) is 0 Å². The van der Waals surface area contributed by atoms with E-state index in [2.05, 4.69) is 0 Å². The van der Waals surface area contributed by atoms with Gasteiger partial charge in [-0.1, -0.05) is 24.3 Å². The molecule has 0 unspecified atom stereocenters. The fourth-order valence-corrected chi connectivity index (χ4v) is 2.08. The molecular weight excluding hydrogens is 254 g/mol. The van der Waals surface area contributed by atoms with Gasteiger partial charge in [-0.3, -0.25) is 0 Å². The molecule has 0 aromatic heterocycles. The number of aromatic hydroxyl groups is 1. The molecule has 4 heteroatoms. The van der Waals surface area contributed by atoms with E-state index < -0.39 is 0 Å². The fourth-order valence-electron chi connectivity index (χ4n) is 2.08. The number of ether oxygens (including phenoxy) is 2. The molecule has 1 N–H and O–H groups in total. The van der Waals surface area contributed by atoms with Crippen molar-refractivity contribution >= 4 is 5.69 Å². The lowest BCUT2D eigenvalue weighted by molar-refractivity contribution is 0.329. The van der Waals surface area contributed by atoms with Gasteiger partial charge < -0.3 is 19.5 Å². The maximum Gasteiger partial charge on any atom is 0.199 e. The number of benzene rings is 2. The molecule has 20 heavy (non-hydrogen) atoms. The van der Waals surface area contributed by atoms with E-state index in [-0.39, 0.29) is 5.75 Å². The summed E-state index contributed by atoms with van der Waals surface area (Å²) in [5.41, 5.74) is 1.03. The third-order valence-electron chi connectivity index (χ3n) is 3.13. The molecule has 0 fully saturated rings. The first kappa shape index (κ1) is 12.4. The summed E-state index contributed by atoms with van der Waals surface area (Å²) in [5, 5.41) is 9.61. The second-order valence-corrected chi connectivity index (χ2v) is 4.45. The Morgan fingerprint density at radius 1 is 1.15 bits per heavy atom. The number of para-hydroxylation sites is 4. The molecule has 0 aliphatic carbocycles. The van der Waals surface area contributed by atoms with E-state index in [4.69, 9.17) is 9.47 Å². The largest absolute Gasteiger partial charge is 0.504 e. The highest BCUT2D eigenvalue weighted by Crippen LogP contribution is 2.37. The van der Waals surface area contributed by atoms with Crippen molar-refractivity contribution in [2.24, 2.45) is 0 Å². The van der Waals surface area contributed by atoms with Crippen LogP contribution < -0.4 is 14.4 Å². The van der Waals surface area contributed by atoms with Gasteiger partial charge in [0.2, 0.25) is 0 Å². The van der Waals surface area contributed by atoms with Crippen molar-refractivity contribution in [3.63, 3.8) is 0 Å². The molecule has 0 atom stereocenters. The standard InChI is InChI=1S/C16H15NO3/c1-17-12-6-2-4-8-14(12)20-16(17)10-11-19-15-9-5-3-7-13(15)18/h2-10,18H,11H2,1H3/b16-10+. The summed E-state index contributed by atoms with van der Waals surface area (Å²) in [6.07, 6.45) is 1.84. The predicted octanol–water partition coefficient (Wildman–Crippen LogP) is 3.14. The zero-order valence-electron chi connectivity index (χ0n) is 11.1. The van der Waals surface area contributed by atoms with Gasteiger partial charge in [0.25, 0.3) is 0 Å². The summed E-state index contributed by atoms with van der Waals surface area (Å²) in [6.45, 7) is 0.325. The molecule has 4 nitrogen and oxygen atoms in total. The number of phenols is 1. The maximum absolute atomic E-state index is 9.61. The molecule has 0 saturated carbocycles. The Kier molecular flexibility index (Phi) is 3.21. The van der Waals surface area contributed by atoms with Crippen LogP contribution in [-0.4, -0.2) is 18.8 Å². The normalized spacial score (nSPS) is 15.1. The minimum absolute atomic E-state index is 0.134. The van der Waals surface area contributed by atoms with E-state index in [1.807, 2.05) is 48.4 Å². The molecule has 0 bridgehead atoms. The SMILES string of the molecule is CN1/C(=C\COc2ccccc2O)Oc2ccccc21. The van der Waals surface area contributed by atoms with Crippen LogP contribution in [0, 0.1) is 0 Å². The van der Waals surface area contributed by atoms with Crippen LogP contribution in [0.15, 0.2) is 60.5 Å². The minimum Gasteiger partial charge on any atom is -0.504 e. The quantitative estimate of drug-likeness (QED) is 0.929. The molecule has 1 heterocycles. The predicted molar refractivity (Wildman–Crippen MR) is 77.2 cm³/mol. The highest BCUT2D eigenvalue weighted by Gasteiger charge is 2.21. The van der Waals surface area contributed by atoms with E-state index in [0.29, 0.717) is 12.4 Å².